The zero-order valence-electron chi connectivity index (χ0n) is 10.2. The van der Waals surface area contributed by atoms with Gasteiger partial charge in [-0.2, -0.15) is 0 Å². The van der Waals surface area contributed by atoms with Crippen LogP contribution in [0, 0.1) is 11.3 Å². The molecule has 92 valence electrons. The van der Waals surface area contributed by atoms with E-state index in [2.05, 4.69) is 11.3 Å². The molecule has 1 atom stereocenters. The Labute approximate surface area is 96.3 Å². The molecule has 0 saturated carbocycles. The van der Waals surface area contributed by atoms with Gasteiger partial charge in [-0.1, -0.05) is 19.9 Å². The normalized spacial score (nSPS) is 14.2. The summed E-state index contributed by atoms with van der Waals surface area (Å²) in [5.74, 6) is -1.27. The van der Waals surface area contributed by atoms with Crippen LogP contribution in [0.3, 0.4) is 0 Å². The number of esters is 1. The maximum Gasteiger partial charge on any atom is 0.310 e. The highest BCUT2D eigenvalue weighted by Crippen LogP contribution is 2.35. The lowest BCUT2D eigenvalue weighted by Crippen LogP contribution is -2.35. The largest absolute Gasteiger partial charge is 0.481 e. The fourth-order valence-electron chi connectivity index (χ4n) is 1.88. The number of allylic oxidation sites excluding steroid dienone is 1. The molecule has 0 aromatic heterocycles. The van der Waals surface area contributed by atoms with Crippen molar-refractivity contribution >= 4 is 11.9 Å². The molecule has 16 heavy (non-hydrogen) atoms. The quantitative estimate of drug-likeness (QED) is 0.536. The molecular weight excluding hydrogens is 208 g/mol. The zero-order valence-corrected chi connectivity index (χ0v) is 10.2. The van der Waals surface area contributed by atoms with Crippen LogP contribution in [0.1, 0.15) is 33.1 Å². The molecule has 0 aromatic rings. The van der Waals surface area contributed by atoms with Gasteiger partial charge in [0.25, 0.3) is 0 Å². The summed E-state index contributed by atoms with van der Waals surface area (Å²) in [6.45, 7) is 7.41. The number of hydrogen-bond acceptors (Lipinski definition) is 3. The SMILES string of the molecule is C=CC[C@](CC(=O)OC)(CC(C)C)C(=O)O. The van der Waals surface area contributed by atoms with Crippen LogP contribution in [0.15, 0.2) is 12.7 Å². The standard InChI is InChI=1S/C12H20O4/c1-5-6-12(11(14)15,7-9(2)3)8-10(13)16-4/h5,9H,1,6-8H2,2-4H3,(H,14,15)/t12-/m1/s1. The Morgan fingerprint density at radius 2 is 2.06 bits per heavy atom. The van der Waals surface area contributed by atoms with E-state index in [9.17, 15) is 14.7 Å². The molecule has 4 nitrogen and oxygen atoms in total. The number of carboxylic acid groups (broad SMARTS) is 1. The molecule has 0 saturated heterocycles. The van der Waals surface area contributed by atoms with E-state index < -0.39 is 17.4 Å². The van der Waals surface area contributed by atoms with Crippen molar-refractivity contribution in [2.45, 2.75) is 33.1 Å². The predicted octanol–water partition coefficient (Wildman–Crippen LogP) is 2.24. The average Bonchev–Trinajstić information content (AvgIpc) is 2.16. The van der Waals surface area contributed by atoms with Crippen molar-refractivity contribution in [3.05, 3.63) is 12.7 Å². The van der Waals surface area contributed by atoms with Gasteiger partial charge < -0.3 is 9.84 Å². The van der Waals surface area contributed by atoms with E-state index in [0.29, 0.717) is 6.42 Å². The van der Waals surface area contributed by atoms with Crippen LogP contribution in [0.5, 0.6) is 0 Å². The maximum atomic E-state index is 11.3. The van der Waals surface area contributed by atoms with Crippen molar-refractivity contribution in [2.75, 3.05) is 7.11 Å². The summed E-state index contributed by atoms with van der Waals surface area (Å²) in [5.41, 5.74) is -1.08. The number of rotatable bonds is 7. The van der Waals surface area contributed by atoms with E-state index in [-0.39, 0.29) is 18.8 Å². The number of aliphatic carboxylic acids is 1. The van der Waals surface area contributed by atoms with Crippen LogP contribution in [-0.2, 0) is 14.3 Å². The van der Waals surface area contributed by atoms with Gasteiger partial charge in [-0.05, 0) is 18.8 Å². The first-order valence-electron chi connectivity index (χ1n) is 5.29. The Bertz CT molecular complexity index is 270. The van der Waals surface area contributed by atoms with E-state index in [4.69, 9.17) is 0 Å². The summed E-state index contributed by atoms with van der Waals surface area (Å²) >= 11 is 0. The molecule has 0 radical (unpaired) electrons. The molecule has 0 aliphatic heterocycles. The number of hydrogen-bond donors (Lipinski definition) is 1. The van der Waals surface area contributed by atoms with Gasteiger partial charge in [0.1, 0.15) is 0 Å². The first-order valence-corrected chi connectivity index (χ1v) is 5.29. The van der Waals surface area contributed by atoms with Crippen molar-refractivity contribution < 1.29 is 19.4 Å². The third-order valence-corrected chi connectivity index (χ3v) is 2.50. The molecule has 0 bridgehead atoms. The third kappa shape index (κ3) is 4.04. The van der Waals surface area contributed by atoms with Gasteiger partial charge in [0.05, 0.1) is 18.9 Å². The highest BCUT2D eigenvalue weighted by Gasteiger charge is 2.40. The molecule has 0 aliphatic carbocycles. The maximum absolute atomic E-state index is 11.3. The molecule has 0 fully saturated rings. The van der Waals surface area contributed by atoms with E-state index >= 15 is 0 Å². The summed E-state index contributed by atoms with van der Waals surface area (Å²) in [7, 11) is 1.26. The van der Waals surface area contributed by atoms with Crippen LogP contribution in [-0.4, -0.2) is 24.2 Å². The topological polar surface area (TPSA) is 63.6 Å². The summed E-state index contributed by atoms with van der Waals surface area (Å²) in [5, 5.41) is 9.29. The zero-order chi connectivity index (χ0) is 12.8. The fraction of sp³-hybridized carbons (Fsp3) is 0.667. The smallest absolute Gasteiger partial charge is 0.310 e. The highest BCUT2D eigenvalue weighted by atomic mass is 16.5. The first-order chi connectivity index (χ1) is 7.38. The third-order valence-electron chi connectivity index (χ3n) is 2.50. The number of methoxy groups -OCH3 is 1. The van der Waals surface area contributed by atoms with Crippen molar-refractivity contribution in [2.24, 2.45) is 11.3 Å². The monoisotopic (exact) mass is 228 g/mol. The molecule has 0 rings (SSSR count). The second kappa shape index (κ2) is 6.30. The molecule has 0 amide bonds. The number of ether oxygens (including phenoxy) is 1. The van der Waals surface area contributed by atoms with E-state index in [1.807, 2.05) is 13.8 Å². The summed E-state index contributed by atoms with van der Waals surface area (Å²) in [4.78, 5) is 22.6. The second-order valence-corrected chi connectivity index (χ2v) is 4.43. The van der Waals surface area contributed by atoms with Crippen LogP contribution >= 0.6 is 0 Å². The predicted molar refractivity (Wildman–Crippen MR) is 61.0 cm³/mol. The lowest BCUT2D eigenvalue weighted by molar-refractivity contribution is -0.158. The Morgan fingerprint density at radius 1 is 1.50 bits per heavy atom. The van der Waals surface area contributed by atoms with Gasteiger partial charge in [0.2, 0.25) is 0 Å². The average molecular weight is 228 g/mol. The summed E-state index contributed by atoms with van der Waals surface area (Å²) < 4.78 is 4.55. The van der Waals surface area contributed by atoms with Crippen LogP contribution < -0.4 is 0 Å². The number of carbonyl (C=O) groups excluding carboxylic acids is 1. The van der Waals surface area contributed by atoms with E-state index in [0.717, 1.165) is 0 Å². The molecule has 1 N–H and O–H groups in total. The van der Waals surface area contributed by atoms with Crippen molar-refractivity contribution in [3.8, 4) is 0 Å². The molecule has 0 aliphatic rings. The minimum absolute atomic E-state index is 0.108. The lowest BCUT2D eigenvalue weighted by Gasteiger charge is -2.28. The van der Waals surface area contributed by atoms with Gasteiger partial charge in [0.15, 0.2) is 0 Å². The van der Waals surface area contributed by atoms with E-state index in [1.54, 1.807) is 6.08 Å². The fourth-order valence-corrected chi connectivity index (χ4v) is 1.88. The van der Waals surface area contributed by atoms with Gasteiger partial charge in [-0.3, -0.25) is 9.59 Å². The molecule has 4 heteroatoms. The first kappa shape index (κ1) is 14.7. The Kier molecular flexibility index (Phi) is 5.78. The lowest BCUT2D eigenvalue weighted by atomic mass is 9.75. The van der Waals surface area contributed by atoms with Crippen molar-refractivity contribution in [3.63, 3.8) is 0 Å². The van der Waals surface area contributed by atoms with Crippen LogP contribution in [0.2, 0.25) is 0 Å². The Hall–Kier alpha value is -1.32. The second-order valence-electron chi connectivity index (χ2n) is 4.43. The molecular formula is C12H20O4. The highest BCUT2D eigenvalue weighted by molar-refractivity contribution is 5.82. The van der Waals surface area contributed by atoms with Gasteiger partial charge in [-0.25, -0.2) is 0 Å². The van der Waals surface area contributed by atoms with Gasteiger partial charge in [0, 0.05) is 0 Å². The molecule has 0 aromatic carbocycles. The minimum atomic E-state index is -1.08. The minimum Gasteiger partial charge on any atom is -0.481 e. The Balaban J connectivity index is 4.99. The van der Waals surface area contributed by atoms with E-state index in [1.165, 1.54) is 7.11 Å². The summed E-state index contributed by atoms with van der Waals surface area (Å²) in [6.07, 6.45) is 2.14. The van der Waals surface area contributed by atoms with Crippen molar-refractivity contribution in [1.82, 2.24) is 0 Å². The van der Waals surface area contributed by atoms with Crippen LogP contribution in [0.4, 0.5) is 0 Å². The van der Waals surface area contributed by atoms with Crippen LogP contribution in [0.25, 0.3) is 0 Å². The van der Waals surface area contributed by atoms with Crippen molar-refractivity contribution in [1.29, 1.82) is 0 Å². The molecule has 0 unspecified atom stereocenters. The van der Waals surface area contributed by atoms with Gasteiger partial charge >= 0.3 is 11.9 Å². The summed E-state index contributed by atoms with van der Waals surface area (Å²) in [6, 6.07) is 0. The van der Waals surface area contributed by atoms with Gasteiger partial charge in [-0.15, -0.1) is 6.58 Å². The molecule has 0 spiro atoms. The number of carboxylic acids is 1. The Morgan fingerprint density at radius 3 is 2.38 bits per heavy atom. The molecule has 0 heterocycles. The number of carbonyl (C=O) groups is 2.